The number of carbonyl (C=O) groups excluding carboxylic acids is 2. The van der Waals surface area contributed by atoms with Crippen LogP contribution in [-0.4, -0.2) is 28.6 Å². The standard InChI is InChI=1S/C20H22N4O3/c1-12-11-15(6-7-17(12)22-20(26)18-5-4-10-27-18)19(25)21-9-8-16-13(2)23-24-14(16)3/h4-7,10-11H,8-9H2,1-3H3,(H,21,25)(H,22,26)(H,23,24). The molecule has 1 aromatic carbocycles. The zero-order valence-electron chi connectivity index (χ0n) is 15.6. The van der Waals surface area contributed by atoms with E-state index in [1.54, 1.807) is 30.3 Å². The lowest BCUT2D eigenvalue weighted by Crippen LogP contribution is -2.26. The number of aromatic amines is 1. The number of aryl methyl sites for hydroxylation is 3. The van der Waals surface area contributed by atoms with Gasteiger partial charge in [-0.1, -0.05) is 0 Å². The second kappa shape index (κ2) is 7.90. The second-order valence-corrected chi connectivity index (χ2v) is 6.38. The molecule has 140 valence electrons. The number of anilines is 1. The molecule has 0 saturated carbocycles. The number of carbonyl (C=O) groups is 2. The summed E-state index contributed by atoms with van der Waals surface area (Å²) in [7, 11) is 0. The van der Waals surface area contributed by atoms with Gasteiger partial charge in [0.15, 0.2) is 5.76 Å². The van der Waals surface area contributed by atoms with Crippen LogP contribution in [0.2, 0.25) is 0 Å². The van der Waals surface area contributed by atoms with Gasteiger partial charge >= 0.3 is 0 Å². The van der Waals surface area contributed by atoms with Crippen molar-refractivity contribution in [1.82, 2.24) is 15.5 Å². The van der Waals surface area contributed by atoms with Crippen LogP contribution < -0.4 is 10.6 Å². The number of H-pyrrole nitrogens is 1. The normalized spacial score (nSPS) is 10.6. The van der Waals surface area contributed by atoms with E-state index in [2.05, 4.69) is 20.8 Å². The van der Waals surface area contributed by atoms with Gasteiger partial charge in [0.05, 0.1) is 12.0 Å². The van der Waals surface area contributed by atoms with Crippen molar-refractivity contribution in [2.45, 2.75) is 27.2 Å². The number of rotatable bonds is 6. The maximum Gasteiger partial charge on any atom is 0.291 e. The van der Waals surface area contributed by atoms with E-state index in [4.69, 9.17) is 4.42 Å². The first-order valence-electron chi connectivity index (χ1n) is 8.70. The minimum Gasteiger partial charge on any atom is -0.459 e. The summed E-state index contributed by atoms with van der Waals surface area (Å²) in [6.07, 6.45) is 2.16. The fraction of sp³-hybridized carbons (Fsp3) is 0.250. The summed E-state index contributed by atoms with van der Waals surface area (Å²) in [5.41, 5.74) is 5.08. The van der Waals surface area contributed by atoms with Crippen molar-refractivity contribution in [3.05, 3.63) is 70.4 Å². The molecule has 0 atom stereocenters. The average molecular weight is 366 g/mol. The number of benzene rings is 1. The number of nitrogens with one attached hydrogen (secondary N) is 3. The highest BCUT2D eigenvalue weighted by molar-refractivity contribution is 6.03. The summed E-state index contributed by atoms with van der Waals surface area (Å²) in [4.78, 5) is 24.4. The van der Waals surface area contributed by atoms with Crippen molar-refractivity contribution in [3.63, 3.8) is 0 Å². The molecule has 2 aromatic heterocycles. The summed E-state index contributed by atoms with van der Waals surface area (Å²) in [6, 6.07) is 8.41. The van der Waals surface area contributed by atoms with Crippen LogP contribution in [0.1, 0.15) is 43.4 Å². The van der Waals surface area contributed by atoms with Gasteiger partial charge in [0.1, 0.15) is 0 Å². The molecule has 0 spiro atoms. The van der Waals surface area contributed by atoms with E-state index in [1.807, 2.05) is 20.8 Å². The number of hydrogen-bond acceptors (Lipinski definition) is 4. The molecule has 27 heavy (non-hydrogen) atoms. The molecule has 0 saturated heterocycles. The predicted octanol–water partition coefficient (Wildman–Crippen LogP) is 3.15. The molecule has 0 bridgehead atoms. The maximum absolute atomic E-state index is 12.4. The van der Waals surface area contributed by atoms with Gasteiger partial charge < -0.3 is 15.1 Å². The van der Waals surface area contributed by atoms with Crippen molar-refractivity contribution in [3.8, 4) is 0 Å². The predicted molar refractivity (Wildman–Crippen MR) is 102 cm³/mol. The Labute approximate surface area is 157 Å². The largest absolute Gasteiger partial charge is 0.459 e. The number of amides is 2. The molecule has 3 rings (SSSR count). The summed E-state index contributed by atoms with van der Waals surface area (Å²) < 4.78 is 5.08. The summed E-state index contributed by atoms with van der Waals surface area (Å²) in [6.45, 7) is 6.28. The molecule has 2 amide bonds. The molecule has 3 aromatic rings. The quantitative estimate of drug-likeness (QED) is 0.624. The Morgan fingerprint density at radius 2 is 1.96 bits per heavy atom. The van der Waals surface area contributed by atoms with Crippen molar-refractivity contribution in [1.29, 1.82) is 0 Å². The van der Waals surface area contributed by atoms with Crippen LogP contribution in [0.5, 0.6) is 0 Å². The molecule has 7 heteroatoms. The van der Waals surface area contributed by atoms with E-state index in [0.29, 0.717) is 17.8 Å². The molecular weight excluding hydrogens is 344 g/mol. The molecule has 0 aliphatic rings. The molecule has 0 aliphatic heterocycles. The van der Waals surface area contributed by atoms with Gasteiger partial charge in [0.25, 0.3) is 11.8 Å². The van der Waals surface area contributed by atoms with Gasteiger partial charge in [0.2, 0.25) is 0 Å². The first kappa shape index (κ1) is 18.4. The van der Waals surface area contributed by atoms with E-state index in [9.17, 15) is 9.59 Å². The highest BCUT2D eigenvalue weighted by Gasteiger charge is 2.13. The van der Waals surface area contributed by atoms with Crippen LogP contribution >= 0.6 is 0 Å². The van der Waals surface area contributed by atoms with Gasteiger partial charge in [-0.05, 0) is 68.7 Å². The lowest BCUT2D eigenvalue weighted by molar-refractivity contribution is 0.0953. The maximum atomic E-state index is 12.4. The lowest BCUT2D eigenvalue weighted by Gasteiger charge is -2.10. The van der Waals surface area contributed by atoms with Crippen molar-refractivity contribution in [2.24, 2.45) is 0 Å². The van der Waals surface area contributed by atoms with Crippen LogP contribution in [0.4, 0.5) is 5.69 Å². The van der Waals surface area contributed by atoms with Crippen LogP contribution in [0.15, 0.2) is 41.0 Å². The third-order valence-corrected chi connectivity index (χ3v) is 4.42. The minimum atomic E-state index is -0.328. The van der Waals surface area contributed by atoms with E-state index < -0.39 is 0 Å². The van der Waals surface area contributed by atoms with Gasteiger partial charge in [-0.2, -0.15) is 5.10 Å². The molecule has 2 heterocycles. The Kier molecular flexibility index (Phi) is 5.40. The van der Waals surface area contributed by atoms with E-state index in [1.165, 1.54) is 6.26 Å². The van der Waals surface area contributed by atoms with Crippen LogP contribution in [0.25, 0.3) is 0 Å². The first-order valence-corrected chi connectivity index (χ1v) is 8.70. The van der Waals surface area contributed by atoms with Crippen molar-refractivity contribution in [2.75, 3.05) is 11.9 Å². The Morgan fingerprint density at radius 1 is 1.15 bits per heavy atom. The van der Waals surface area contributed by atoms with Gasteiger partial charge in [-0.15, -0.1) is 0 Å². The number of furan rings is 1. The van der Waals surface area contributed by atoms with Gasteiger partial charge in [0, 0.05) is 23.5 Å². The molecular formula is C20H22N4O3. The molecule has 0 aliphatic carbocycles. The van der Waals surface area contributed by atoms with Crippen LogP contribution in [0.3, 0.4) is 0 Å². The third kappa shape index (κ3) is 4.25. The summed E-state index contributed by atoms with van der Waals surface area (Å²) in [5, 5.41) is 12.8. The molecule has 7 nitrogen and oxygen atoms in total. The fourth-order valence-corrected chi connectivity index (χ4v) is 2.88. The zero-order chi connectivity index (χ0) is 19.4. The van der Waals surface area contributed by atoms with E-state index in [0.717, 1.165) is 28.9 Å². The Bertz CT molecular complexity index is 938. The minimum absolute atomic E-state index is 0.152. The summed E-state index contributed by atoms with van der Waals surface area (Å²) in [5.74, 6) is -0.243. The molecule has 3 N–H and O–H groups in total. The Hall–Kier alpha value is -3.35. The molecule has 0 fully saturated rings. The van der Waals surface area contributed by atoms with Gasteiger partial charge in [-0.3, -0.25) is 14.7 Å². The highest BCUT2D eigenvalue weighted by Crippen LogP contribution is 2.18. The van der Waals surface area contributed by atoms with E-state index >= 15 is 0 Å². The third-order valence-electron chi connectivity index (χ3n) is 4.42. The molecule has 0 radical (unpaired) electrons. The van der Waals surface area contributed by atoms with Crippen molar-refractivity contribution >= 4 is 17.5 Å². The Balaban J connectivity index is 1.59. The smallest absolute Gasteiger partial charge is 0.291 e. The first-order chi connectivity index (χ1) is 13.0. The average Bonchev–Trinajstić information content (AvgIpc) is 3.28. The lowest BCUT2D eigenvalue weighted by atomic mass is 10.1. The monoisotopic (exact) mass is 366 g/mol. The second-order valence-electron chi connectivity index (χ2n) is 6.38. The van der Waals surface area contributed by atoms with Crippen LogP contribution in [-0.2, 0) is 6.42 Å². The fourth-order valence-electron chi connectivity index (χ4n) is 2.88. The SMILES string of the molecule is Cc1cc(C(=O)NCCc2c(C)n[nH]c2C)ccc1NC(=O)c1ccco1. The number of nitrogens with zero attached hydrogens (tertiary/aromatic N) is 1. The van der Waals surface area contributed by atoms with Gasteiger partial charge in [-0.25, -0.2) is 0 Å². The van der Waals surface area contributed by atoms with Crippen LogP contribution in [0, 0.1) is 20.8 Å². The van der Waals surface area contributed by atoms with E-state index in [-0.39, 0.29) is 17.6 Å². The topological polar surface area (TPSA) is 100 Å². The zero-order valence-corrected chi connectivity index (χ0v) is 15.6. The van der Waals surface area contributed by atoms with Crippen molar-refractivity contribution < 1.29 is 14.0 Å². The summed E-state index contributed by atoms with van der Waals surface area (Å²) >= 11 is 0. The number of hydrogen-bond donors (Lipinski definition) is 3. The highest BCUT2D eigenvalue weighted by atomic mass is 16.3. The number of aromatic nitrogens is 2. The molecule has 0 unspecified atom stereocenters. The Morgan fingerprint density at radius 3 is 2.59 bits per heavy atom.